The van der Waals surface area contributed by atoms with Crippen molar-refractivity contribution in [3.8, 4) is 0 Å². The molecule has 2 unspecified atom stereocenters. The van der Waals surface area contributed by atoms with Crippen LogP contribution in [0.25, 0.3) is 0 Å². The Morgan fingerprint density at radius 1 is 1.00 bits per heavy atom. The molecule has 0 spiro atoms. The zero-order valence-electron chi connectivity index (χ0n) is 9.91. The number of hydrogen-bond acceptors (Lipinski definition) is 7. The van der Waals surface area contributed by atoms with E-state index in [-0.39, 0.29) is 6.17 Å². The van der Waals surface area contributed by atoms with Crippen molar-refractivity contribution in [3.05, 3.63) is 0 Å². The maximum atomic E-state index is 5.55. The zero-order chi connectivity index (χ0) is 12.2. The Balaban J connectivity index is 3.73. The third kappa shape index (κ3) is 7.94. The van der Waals surface area contributed by atoms with E-state index < -0.39 is 0 Å². The maximum absolute atomic E-state index is 5.55. The first-order chi connectivity index (χ1) is 7.78. The minimum atomic E-state index is -0.0587. The normalized spacial score (nSPS) is 15.0. The van der Waals surface area contributed by atoms with Gasteiger partial charge in [0.25, 0.3) is 0 Å². The molecule has 0 saturated heterocycles. The molecule has 11 N–H and O–H groups in total. The van der Waals surface area contributed by atoms with Gasteiger partial charge in [-0.2, -0.15) is 0 Å². The zero-order valence-corrected chi connectivity index (χ0v) is 9.91. The van der Waals surface area contributed by atoms with E-state index in [4.69, 9.17) is 23.0 Å². The second-order valence-electron chi connectivity index (χ2n) is 3.73. The first-order valence-electron chi connectivity index (χ1n) is 5.81. The van der Waals surface area contributed by atoms with E-state index in [9.17, 15) is 0 Å². The Labute approximate surface area is 97.6 Å². The van der Waals surface area contributed by atoms with Crippen LogP contribution < -0.4 is 39.1 Å². The average molecular weight is 233 g/mol. The highest BCUT2D eigenvalue weighted by Crippen LogP contribution is 1.89. The summed E-state index contributed by atoms with van der Waals surface area (Å²) in [5.74, 6) is 5.31. The summed E-state index contributed by atoms with van der Waals surface area (Å²) in [4.78, 5) is 0. The molecule has 7 nitrogen and oxygen atoms in total. The van der Waals surface area contributed by atoms with Crippen LogP contribution in [0.2, 0.25) is 0 Å². The highest BCUT2D eigenvalue weighted by molar-refractivity contribution is 4.73. The number of hydrazine groups is 1. The largest absolute Gasteiger partial charge is 0.330 e. The molecule has 7 heteroatoms. The number of rotatable bonds is 11. The van der Waals surface area contributed by atoms with Gasteiger partial charge in [0.1, 0.15) is 0 Å². The molecule has 0 bridgehead atoms. The molecule has 0 aromatic rings. The number of nitrogens with one attached hydrogen (secondary N) is 3. The molecule has 0 saturated carbocycles. The summed E-state index contributed by atoms with van der Waals surface area (Å²) in [5.41, 5.74) is 19.1. The molecule has 0 rings (SSSR count). The molecule has 16 heavy (non-hydrogen) atoms. The lowest BCUT2D eigenvalue weighted by Gasteiger charge is -2.22. The van der Waals surface area contributed by atoms with Crippen LogP contribution in [-0.2, 0) is 0 Å². The molecule has 0 heterocycles. The summed E-state index contributed by atoms with van der Waals surface area (Å²) < 4.78 is 0. The van der Waals surface area contributed by atoms with Gasteiger partial charge in [-0.15, -0.1) is 0 Å². The van der Waals surface area contributed by atoms with E-state index in [0.29, 0.717) is 25.7 Å². The summed E-state index contributed by atoms with van der Waals surface area (Å²) in [6.45, 7) is 3.51. The van der Waals surface area contributed by atoms with Crippen LogP contribution in [0.3, 0.4) is 0 Å². The van der Waals surface area contributed by atoms with Crippen molar-refractivity contribution in [2.75, 3.05) is 32.7 Å². The molecule has 2 atom stereocenters. The molecule has 0 aromatic heterocycles. The Morgan fingerprint density at radius 3 is 2.25 bits per heavy atom. The van der Waals surface area contributed by atoms with Crippen LogP contribution in [0.4, 0.5) is 0 Å². The Bertz CT molecular complexity index is 140. The topological polar surface area (TPSA) is 140 Å². The van der Waals surface area contributed by atoms with E-state index in [1.807, 2.05) is 0 Å². The van der Waals surface area contributed by atoms with Crippen molar-refractivity contribution in [2.45, 2.75) is 25.0 Å². The molecule has 0 fully saturated rings. The first-order valence-corrected chi connectivity index (χ1v) is 5.81. The van der Waals surface area contributed by atoms with E-state index in [0.717, 1.165) is 25.9 Å². The SMILES string of the molecule is NCCCNC(CCN)CNC(CN)NN. The second-order valence-corrected chi connectivity index (χ2v) is 3.73. The average Bonchev–Trinajstić information content (AvgIpc) is 2.30. The van der Waals surface area contributed by atoms with Crippen molar-refractivity contribution < 1.29 is 0 Å². The van der Waals surface area contributed by atoms with Crippen LogP contribution in [0.5, 0.6) is 0 Å². The van der Waals surface area contributed by atoms with Gasteiger partial charge in [0.15, 0.2) is 0 Å². The van der Waals surface area contributed by atoms with Crippen molar-refractivity contribution in [1.82, 2.24) is 16.1 Å². The minimum absolute atomic E-state index is 0.0587. The van der Waals surface area contributed by atoms with Gasteiger partial charge in [-0.3, -0.25) is 11.2 Å². The van der Waals surface area contributed by atoms with E-state index in [1.165, 1.54) is 0 Å². The maximum Gasteiger partial charge on any atom is 0.0826 e. The molecule has 0 radical (unpaired) electrons. The summed E-state index contributed by atoms with van der Waals surface area (Å²) >= 11 is 0. The van der Waals surface area contributed by atoms with Gasteiger partial charge in [0.2, 0.25) is 0 Å². The van der Waals surface area contributed by atoms with Gasteiger partial charge in [0.05, 0.1) is 6.17 Å². The predicted octanol–water partition coefficient (Wildman–Crippen LogP) is -3.02. The molecular weight excluding hydrogens is 206 g/mol. The van der Waals surface area contributed by atoms with Gasteiger partial charge >= 0.3 is 0 Å². The van der Waals surface area contributed by atoms with Crippen molar-refractivity contribution in [1.29, 1.82) is 0 Å². The van der Waals surface area contributed by atoms with Gasteiger partial charge in [-0.05, 0) is 32.5 Å². The number of hydrogen-bond donors (Lipinski definition) is 7. The fourth-order valence-corrected chi connectivity index (χ4v) is 1.38. The lowest BCUT2D eigenvalue weighted by Crippen LogP contribution is -2.54. The minimum Gasteiger partial charge on any atom is -0.330 e. The van der Waals surface area contributed by atoms with Crippen molar-refractivity contribution in [3.63, 3.8) is 0 Å². The van der Waals surface area contributed by atoms with Crippen molar-refractivity contribution in [2.24, 2.45) is 23.0 Å². The summed E-state index contributed by atoms with van der Waals surface area (Å²) in [7, 11) is 0. The Hall–Kier alpha value is -0.280. The molecular formula is C9H27N7. The van der Waals surface area contributed by atoms with Gasteiger partial charge in [-0.25, -0.2) is 5.43 Å². The lowest BCUT2D eigenvalue weighted by atomic mass is 10.2. The predicted molar refractivity (Wildman–Crippen MR) is 67.3 cm³/mol. The van der Waals surface area contributed by atoms with Gasteiger partial charge in [-0.1, -0.05) is 0 Å². The quantitative estimate of drug-likeness (QED) is 0.0872. The third-order valence-electron chi connectivity index (χ3n) is 2.38. The smallest absolute Gasteiger partial charge is 0.0826 e. The van der Waals surface area contributed by atoms with E-state index in [2.05, 4.69) is 16.1 Å². The number of nitrogens with two attached hydrogens (primary N) is 4. The van der Waals surface area contributed by atoms with E-state index in [1.54, 1.807) is 0 Å². The highest BCUT2D eigenvalue weighted by atomic mass is 15.3. The van der Waals surface area contributed by atoms with Crippen LogP contribution >= 0.6 is 0 Å². The highest BCUT2D eigenvalue weighted by Gasteiger charge is 2.09. The Kier molecular flexibility index (Phi) is 11.0. The van der Waals surface area contributed by atoms with Gasteiger partial charge < -0.3 is 22.5 Å². The standard InChI is InChI=1S/C9H27N7/c10-3-1-5-14-8(2-4-11)7-15-9(6-12)16-13/h8-9,14-16H,1-7,10-13H2. The summed E-state index contributed by atoms with van der Waals surface area (Å²) in [6, 6.07) is 0.332. The lowest BCUT2D eigenvalue weighted by molar-refractivity contribution is 0.383. The summed E-state index contributed by atoms with van der Waals surface area (Å²) in [6.07, 6.45) is 1.83. The molecule has 0 amide bonds. The molecule has 0 aliphatic carbocycles. The molecule has 0 aromatic carbocycles. The first kappa shape index (κ1) is 15.7. The monoisotopic (exact) mass is 233 g/mol. The fourth-order valence-electron chi connectivity index (χ4n) is 1.38. The Morgan fingerprint density at radius 2 is 1.75 bits per heavy atom. The van der Waals surface area contributed by atoms with Crippen LogP contribution in [0, 0.1) is 0 Å². The van der Waals surface area contributed by atoms with Crippen molar-refractivity contribution >= 4 is 0 Å². The van der Waals surface area contributed by atoms with Crippen LogP contribution in [-0.4, -0.2) is 44.9 Å². The van der Waals surface area contributed by atoms with Gasteiger partial charge in [0, 0.05) is 19.1 Å². The summed E-state index contributed by atoms with van der Waals surface area (Å²) in [5, 5.41) is 6.61. The second kappa shape index (κ2) is 11.2. The third-order valence-corrected chi connectivity index (χ3v) is 2.38. The molecule has 98 valence electrons. The molecule has 0 aliphatic heterocycles. The van der Waals surface area contributed by atoms with Crippen LogP contribution in [0.15, 0.2) is 0 Å². The fraction of sp³-hybridized carbons (Fsp3) is 1.00. The van der Waals surface area contributed by atoms with E-state index >= 15 is 0 Å². The molecule has 0 aliphatic rings. The van der Waals surface area contributed by atoms with Crippen LogP contribution in [0.1, 0.15) is 12.8 Å².